The topological polar surface area (TPSA) is 55.8 Å². The molecular weight excluding hydrogens is 306 g/mol. The van der Waals surface area contributed by atoms with Crippen LogP contribution in [0.25, 0.3) is 0 Å². The molecule has 0 saturated heterocycles. The molecule has 0 aliphatic carbocycles. The second-order valence-electron chi connectivity index (χ2n) is 6.20. The van der Waals surface area contributed by atoms with E-state index in [1.807, 2.05) is 0 Å². The van der Waals surface area contributed by atoms with E-state index in [0.717, 1.165) is 12.8 Å². The van der Waals surface area contributed by atoms with Gasteiger partial charge in [0.05, 0.1) is 6.54 Å². The first kappa shape index (κ1) is 18.3. The Kier molecular flexibility index (Phi) is 7.09. The quantitative estimate of drug-likeness (QED) is 0.513. The maximum atomic E-state index is 12.4. The second-order valence-corrected chi connectivity index (χ2v) is 6.20. The number of ether oxygens (including phenoxy) is 2. The van der Waals surface area contributed by atoms with E-state index in [-0.39, 0.29) is 18.2 Å². The minimum atomic E-state index is -0.0891. The number of Topliss-reactive ketones (excluding diaryl/α,β-unsaturated/α-hetero) is 1. The number of carbonyl (C=O) groups is 2. The largest absolute Gasteiger partial charge is 0.486 e. The molecule has 0 spiro atoms. The summed E-state index contributed by atoms with van der Waals surface area (Å²) in [6.45, 7) is 3.27. The van der Waals surface area contributed by atoms with E-state index >= 15 is 0 Å². The maximum absolute atomic E-state index is 12.4. The fraction of sp³-hybridized carbons (Fsp3) is 0.579. The van der Waals surface area contributed by atoms with Crippen molar-refractivity contribution in [1.29, 1.82) is 0 Å². The molecule has 0 unspecified atom stereocenters. The van der Waals surface area contributed by atoms with Crippen LogP contribution in [0.3, 0.4) is 0 Å². The standard InChI is InChI=1S/C19H27NO4/c1-3-4-5-6-7-8-19(22)20(2)14-16(21)15-9-10-17-18(13-15)24-12-11-23-17/h9-10,13H,3-8,11-12,14H2,1-2H3. The number of hydrogen-bond donors (Lipinski definition) is 0. The van der Waals surface area contributed by atoms with E-state index in [9.17, 15) is 9.59 Å². The maximum Gasteiger partial charge on any atom is 0.222 e. The third-order valence-corrected chi connectivity index (χ3v) is 4.16. The predicted molar refractivity (Wildman–Crippen MR) is 92.8 cm³/mol. The molecule has 2 rings (SSSR count). The number of nitrogens with zero attached hydrogens (tertiary/aromatic N) is 1. The monoisotopic (exact) mass is 333 g/mol. The zero-order valence-corrected chi connectivity index (χ0v) is 14.7. The Morgan fingerprint density at radius 1 is 1.04 bits per heavy atom. The third-order valence-electron chi connectivity index (χ3n) is 4.16. The smallest absolute Gasteiger partial charge is 0.222 e. The highest BCUT2D eigenvalue weighted by Crippen LogP contribution is 2.30. The van der Waals surface area contributed by atoms with Crippen molar-refractivity contribution in [3.8, 4) is 11.5 Å². The molecule has 5 nitrogen and oxygen atoms in total. The highest BCUT2D eigenvalue weighted by Gasteiger charge is 2.17. The van der Waals surface area contributed by atoms with Gasteiger partial charge in [0.2, 0.25) is 5.91 Å². The van der Waals surface area contributed by atoms with Crippen LogP contribution in [0.5, 0.6) is 11.5 Å². The molecule has 0 N–H and O–H groups in total. The van der Waals surface area contributed by atoms with Crippen molar-refractivity contribution in [2.75, 3.05) is 26.8 Å². The highest BCUT2D eigenvalue weighted by atomic mass is 16.6. The lowest BCUT2D eigenvalue weighted by Gasteiger charge is -2.20. The average molecular weight is 333 g/mol. The number of ketones is 1. The van der Waals surface area contributed by atoms with Gasteiger partial charge in [-0.25, -0.2) is 0 Å². The Bertz CT molecular complexity index is 570. The van der Waals surface area contributed by atoms with Gasteiger partial charge in [0, 0.05) is 19.0 Å². The van der Waals surface area contributed by atoms with Crippen LogP contribution in [-0.2, 0) is 4.79 Å². The molecule has 1 amide bonds. The van der Waals surface area contributed by atoms with Gasteiger partial charge in [-0.05, 0) is 24.6 Å². The van der Waals surface area contributed by atoms with Crippen molar-refractivity contribution in [2.45, 2.75) is 45.4 Å². The summed E-state index contributed by atoms with van der Waals surface area (Å²) < 4.78 is 10.9. The number of benzene rings is 1. The van der Waals surface area contributed by atoms with Crippen molar-refractivity contribution in [3.63, 3.8) is 0 Å². The molecule has 5 heteroatoms. The van der Waals surface area contributed by atoms with Gasteiger partial charge in [0.1, 0.15) is 13.2 Å². The zero-order chi connectivity index (χ0) is 17.4. The SMILES string of the molecule is CCCCCCCC(=O)N(C)CC(=O)c1ccc2c(c1)OCCO2. The number of hydrogen-bond acceptors (Lipinski definition) is 4. The van der Waals surface area contributed by atoms with Crippen LogP contribution in [-0.4, -0.2) is 43.4 Å². The summed E-state index contributed by atoms with van der Waals surface area (Å²) in [4.78, 5) is 26.0. The Balaban J connectivity index is 1.81. The van der Waals surface area contributed by atoms with Gasteiger partial charge in [-0.3, -0.25) is 9.59 Å². The van der Waals surface area contributed by atoms with E-state index in [1.165, 1.54) is 24.2 Å². The van der Waals surface area contributed by atoms with Crippen LogP contribution in [0.1, 0.15) is 55.8 Å². The van der Waals surface area contributed by atoms with Crippen LogP contribution in [0.4, 0.5) is 0 Å². The zero-order valence-electron chi connectivity index (χ0n) is 14.7. The first-order valence-electron chi connectivity index (χ1n) is 8.78. The molecule has 0 fully saturated rings. The van der Waals surface area contributed by atoms with Crippen LogP contribution < -0.4 is 9.47 Å². The Morgan fingerprint density at radius 3 is 2.50 bits per heavy atom. The summed E-state index contributed by atoms with van der Waals surface area (Å²) in [5, 5.41) is 0. The molecule has 0 aromatic heterocycles. The lowest BCUT2D eigenvalue weighted by molar-refractivity contribution is -0.129. The summed E-state index contributed by atoms with van der Waals surface area (Å²) in [7, 11) is 1.68. The number of rotatable bonds is 9. The minimum absolute atomic E-state index is 0.0254. The first-order chi connectivity index (χ1) is 11.6. The van der Waals surface area contributed by atoms with Crippen molar-refractivity contribution in [2.24, 2.45) is 0 Å². The number of likely N-dealkylation sites (N-methyl/N-ethyl adjacent to an activating group) is 1. The van der Waals surface area contributed by atoms with Crippen molar-refractivity contribution < 1.29 is 19.1 Å². The lowest BCUT2D eigenvalue weighted by atomic mass is 10.1. The summed E-state index contributed by atoms with van der Waals surface area (Å²) in [5.74, 6) is 1.19. The van der Waals surface area contributed by atoms with Crippen LogP contribution in [0.2, 0.25) is 0 Å². The van der Waals surface area contributed by atoms with Gasteiger partial charge in [-0.1, -0.05) is 32.6 Å². The van der Waals surface area contributed by atoms with Gasteiger partial charge in [0.15, 0.2) is 17.3 Å². The van der Waals surface area contributed by atoms with Gasteiger partial charge in [-0.15, -0.1) is 0 Å². The molecule has 0 saturated carbocycles. The van der Waals surface area contributed by atoms with Gasteiger partial charge in [0.25, 0.3) is 0 Å². The van der Waals surface area contributed by atoms with E-state index in [0.29, 0.717) is 36.7 Å². The predicted octanol–water partition coefficient (Wildman–Crippen LogP) is 3.46. The Morgan fingerprint density at radius 2 is 1.75 bits per heavy atom. The third kappa shape index (κ3) is 5.25. The van der Waals surface area contributed by atoms with Gasteiger partial charge < -0.3 is 14.4 Å². The molecule has 24 heavy (non-hydrogen) atoms. The van der Waals surface area contributed by atoms with E-state index < -0.39 is 0 Å². The minimum Gasteiger partial charge on any atom is -0.486 e. The average Bonchev–Trinajstić information content (AvgIpc) is 2.60. The summed E-state index contributed by atoms with van der Waals surface area (Å²) in [5.41, 5.74) is 0.543. The summed E-state index contributed by atoms with van der Waals surface area (Å²) in [6.07, 6.45) is 6.05. The lowest BCUT2D eigenvalue weighted by Crippen LogP contribution is -2.32. The molecule has 1 aliphatic heterocycles. The van der Waals surface area contributed by atoms with Crippen LogP contribution in [0, 0.1) is 0 Å². The number of amides is 1. The molecule has 0 bridgehead atoms. The first-order valence-corrected chi connectivity index (χ1v) is 8.78. The van der Waals surface area contributed by atoms with Crippen molar-refractivity contribution >= 4 is 11.7 Å². The Hall–Kier alpha value is -2.04. The Labute approximate surface area is 143 Å². The molecule has 1 aliphatic rings. The van der Waals surface area contributed by atoms with Gasteiger partial charge in [-0.2, -0.15) is 0 Å². The molecule has 0 radical (unpaired) electrons. The van der Waals surface area contributed by atoms with Crippen molar-refractivity contribution in [1.82, 2.24) is 4.90 Å². The second kappa shape index (κ2) is 9.30. The number of unbranched alkanes of at least 4 members (excludes halogenated alkanes) is 4. The molecule has 1 heterocycles. The molecule has 1 aromatic rings. The van der Waals surface area contributed by atoms with Crippen LogP contribution >= 0.6 is 0 Å². The molecule has 132 valence electrons. The number of carbonyl (C=O) groups excluding carboxylic acids is 2. The van der Waals surface area contributed by atoms with Gasteiger partial charge >= 0.3 is 0 Å². The summed E-state index contributed by atoms with van der Waals surface area (Å²) in [6, 6.07) is 5.16. The fourth-order valence-electron chi connectivity index (χ4n) is 2.68. The van der Waals surface area contributed by atoms with E-state index in [2.05, 4.69) is 6.92 Å². The fourth-order valence-corrected chi connectivity index (χ4v) is 2.68. The van der Waals surface area contributed by atoms with Crippen LogP contribution in [0.15, 0.2) is 18.2 Å². The molecule has 1 aromatic carbocycles. The molecule has 0 atom stereocenters. The van der Waals surface area contributed by atoms with E-state index in [1.54, 1.807) is 25.2 Å². The normalized spacial score (nSPS) is 12.8. The summed E-state index contributed by atoms with van der Waals surface area (Å²) >= 11 is 0. The molecular formula is C19H27NO4. The van der Waals surface area contributed by atoms with Crippen molar-refractivity contribution in [3.05, 3.63) is 23.8 Å². The number of fused-ring (bicyclic) bond motifs is 1. The van der Waals surface area contributed by atoms with E-state index in [4.69, 9.17) is 9.47 Å². The highest BCUT2D eigenvalue weighted by molar-refractivity contribution is 5.99.